The number of carboxylic acid groups (broad SMARTS) is 1. The highest BCUT2D eigenvalue weighted by Crippen LogP contribution is 2.48. The Morgan fingerprint density at radius 1 is 1.11 bits per heavy atom. The van der Waals surface area contributed by atoms with Gasteiger partial charge >= 0.3 is 6.09 Å². The number of benzene rings is 1. The van der Waals surface area contributed by atoms with Crippen molar-refractivity contribution < 1.29 is 56.4 Å². The highest BCUT2D eigenvalue weighted by atomic mass is 32.2. The summed E-state index contributed by atoms with van der Waals surface area (Å²) in [6.07, 6.45) is 4.70. The fourth-order valence-electron chi connectivity index (χ4n) is 7.68. The quantitative estimate of drug-likeness (QED) is 0.232. The number of halogens is 1. The van der Waals surface area contributed by atoms with E-state index in [-0.39, 0.29) is 55.2 Å². The maximum absolute atomic E-state index is 15.0. The van der Waals surface area contributed by atoms with Gasteiger partial charge in [-0.15, -0.1) is 0 Å². The fraction of sp³-hybridized carbons (Fsp3) is 0.583. The van der Waals surface area contributed by atoms with Gasteiger partial charge in [-0.2, -0.15) is 0 Å². The van der Waals surface area contributed by atoms with Crippen molar-refractivity contribution >= 4 is 44.6 Å². The summed E-state index contributed by atoms with van der Waals surface area (Å²) in [5.41, 5.74) is -1.68. The average molecular weight is 776 g/mol. The van der Waals surface area contributed by atoms with E-state index in [0.29, 0.717) is 30.4 Å². The van der Waals surface area contributed by atoms with Crippen molar-refractivity contribution in [1.29, 1.82) is 0 Å². The minimum absolute atomic E-state index is 0.0262. The Bertz CT molecular complexity index is 1970. The van der Waals surface area contributed by atoms with E-state index in [4.69, 9.17) is 14.2 Å². The first-order valence-corrected chi connectivity index (χ1v) is 19.4. The van der Waals surface area contributed by atoms with Crippen molar-refractivity contribution in [2.75, 3.05) is 27.4 Å². The largest absolute Gasteiger partial charge is 0.494 e. The van der Waals surface area contributed by atoms with Crippen molar-refractivity contribution in [2.45, 2.75) is 87.3 Å². The molecule has 1 saturated heterocycles. The van der Waals surface area contributed by atoms with Crippen LogP contribution >= 0.6 is 0 Å². The molecule has 2 aliphatic heterocycles. The Hall–Kier alpha value is -4.71. The van der Waals surface area contributed by atoms with E-state index in [1.807, 2.05) is 13.0 Å². The summed E-state index contributed by atoms with van der Waals surface area (Å²) >= 11 is 0. The molecule has 0 spiro atoms. The second kappa shape index (κ2) is 14.8. The van der Waals surface area contributed by atoms with Crippen LogP contribution in [-0.4, -0.2) is 108 Å². The summed E-state index contributed by atoms with van der Waals surface area (Å²) in [4.78, 5) is 60.1. The van der Waals surface area contributed by atoms with Crippen LogP contribution in [0.3, 0.4) is 0 Å². The maximum Gasteiger partial charge on any atom is 0.405 e. The molecule has 2 aromatic rings. The van der Waals surface area contributed by atoms with Crippen molar-refractivity contribution in [1.82, 2.24) is 25.2 Å². The van der Waals surface area contributed by atoms with Gasteiger partial charge < -0.3 is 40.0 Å². The van der Waals surface area contributed by atoms with Gasteiger partial charge in [-0.1, -0.05) is 26.0 Å². The number of pyridine rings is 1. The molecule has 5 N–H and O–H groups in total. The molecule has 0 bridgehead atoms. The van der Waals surface area contributed by atoms with E-state index in [0.717, 1.165) is 0 Å². The number of ether oxygens (including phenoxy) is 3. The maximum atomic E-state index is 15.0. The number of nitrogens with one attached hydrogen (secondary N) is 3. The summed E-state index contributed by atoms with van der Waals surface area (Å²) in [6, 6.07) is 0.0519. The molecule has 1 aromatic carbocycles. The molecule has 0 unspecified atom stereocenters. The van der Waals surface area contributed by atoms with E-state index >= 15 is 0 Å². The molecular formula is C36H46FN5O11S. The molecular weight excluding hydrogens is 729 g/mol. The highest BCUT2D eigenvalue weighted by molar-refractivity contribution is 7.91. The number of fused-ring (bicyclic) bond motifs is 3. The Kier molecular flexibility index (Phi) is 10.7. The number of amides is 4. The number of carbonyl (C=O) groups is 4. The van der Waals surface area contributed by atoms with Gasteiger partial charge in [0.25, 0.3) is 5.91 Å². The molecule has 294 valence electrons. The van der Waals surface area contributed by atoms with Gasteiger partial charge in [0.05, 0.1) is 39.0 Å². The van der Waals surface area contributed by atoms with Crippen LogP contribution in [0.15, 0.2) is 30.5 Å². The molecule has 3 heterocycles. The van der Waals surface area contributed by atoms with E-state index in [1.165, 1.54) is 37.4 Å². The molecule has 4 amide bonds. The highest BCUT2D eigenvalue weighted by Gasteiger charge is 2.64. The number of aromatic nitrogens is 1. The van der Waals surface area contributed by atoms with Crippen LogP contribution in [0, 0.1) is 23.6 Å². The smallest absolute Gasteiger partial charge is 0.405 e. The summed E-state index contributed by atoms with van der Waals surface area (Å²) < 4.78 is 58.7. The van der Waals surface area contributed by atoms with Gasteiger partial charge in [0, 0.05) is 17.7 Å². The zero-order valence-electron chi connectivity index (χ0n) is 30.5. The van der Waals surface area contributed by atoms with Crippen molar-refractivity contribution in [3.05, 3.63) is 36.3 Å². The van der Waals surface area contributed by atoms with E-state index < -0.39 is 86.6 Å². The van der Waals surface area contributed by atoms with E-state index in [1.54, 1.807) is 13.0 Å². The lowest BCUT2D eigenvalue weighted by Gasteiger charge is -2.32. The summed E-state index contributed by atoms with van der Waals surface area (Å²) in [7, 11) is -1.56. The van der Waals surface area contributed by atoms with Gasteiger partial charge in [-0.3, -0.25) is 19.1 Å². The van der Waals surface area contributed by atoms with E-state index in [9.17, 15) is 42.2 Å². The van der Waals surface area contributed by atoms with Gasteiger partial charge in [0.1, 0.15) is 34.2 Å². The number of nitrogens with zero attached hydrogens (tertiary/aromatic N) is 2. The number of aliphatic hydroxyl groups is 1. The molecule has 2 aliphatic carbocycles. The molecule has 4 aliphatic rings. The summed E-state index contributed by atoms with van der Waals surface area (Å²) in [6.45, 7) is 2.87. The molecule has 1 aromatic heterocycles. The Labute approximate surface area is 311 Å². The van der Waals surface area contributed by atoms with Gasteiger partial charge in [-0.05, 0) is 62.5 Å². The first-order chi connectivity index (χ1) is 25.6. The Morgan fingerprint density at radius 2 is 1.83 bits per heavy atom. The number of allylic oxidation sites excluding steroid dienone is 1. The number of hydrogen-bond donors (Lipinski definition) is 5. The topological polar surface area (TPSA) is 223 Å². The third-order valence-corrected chi connectivity index (χ3v) is 13.3. The minimum atomic E-state index is -4.30. The average Bonchev–Trinajstić information content (AvgIpc) is 4.03. The number of aliphatic hydroxyl groups excluding tert-OH is 1. The Balaban J connectivity index is 1.36. The van der Waals surface area contributed by atoms with Crippen molar-refractivity contribution in [3.8, 4) is 17.4 Å². The second-order valence-corrected chi connectivity index (χ2v) is 17.0. The van der Waals surface area contributed by atoms with Crippen LogP contribution in [-0.2, 0) is 24.4 Å². The first kappa shape index (κ1) is 39.0. The molecule has 18 heteroatoms. The molecule has 7 atom stereocenters. The van der Waals surface area contributed by atoms with Crippen LogP contribution in [0.4, 0.5) is 9.18 Å². The lowest BCUT2D eigenvalue weighted by Crippen LogP contribution is -2.59. The summed E-state index contributed by atoms with van der Waals surface area (Å²) in [5.74, 6) is -3.89. The molecule has 3 fully saturated rings. The summed E-state index contributed by atoms with van der Waals surface area (Å²) in [5, 5.41) is 25.3. The predicted molar refractivity (Wildman–Crippen MR) is 191 cm³/mol. The third kappa shape index (κ3) is 7.37. The predicted octanol–water partition coefficient (Wildman–Crippen LogP) is 2.23. The number of carbonyl (C=O) groups excluding carboxylic acids is 3. The minimum Gasteiger partial charge on any atom is -0.494 e. The van der Waals surface area contributed by atoms with Crippen molar-refractivity contribution in [2.24, 2.45) is 17.8 Å². The zero-order chi connectivity index (χ0) is 39.2. The normalized spacial score (nSPS) is 30.1. The molecule has 2 saturated carbocycles. The number of sulfonamides is 1. The van der Waals surface area contributed by atoms with E-state index in [2.05, 4.69) is 20.3 Å². The van der Waals surface area contributed by atoms with Crippen LogP contribution < -0.4 is 29.6 Å². The molecule has 16 nitrogen and oxygen atoms in total. The van der Waals surface area contributed by atoms with Crippen molar-refractivity contribution in [3.63, 3.8) is 0 Å². The number of rotatable bonds is 9. The van der Waals surface area contributed by atoms with Gasteiger partial charge in [0.2, 0.25) is 27.7 Å². The third-order valence-electron chi connectivity index (χ3n) is 11.2. The van der Waals surface area contributed by atoms with Gasteiger partial charge in [-0.25, -0.2) is 22.6 Å². The fourth-order valence-corrected chi connectivity index (χ4v) is 9.14. The first-order valence-electron chi connectivity index (χ1n) is 17.9. The second-order valence-electron chi connectivity index (χ2n) is 14.9. The standard InChI is InChI=1S/C36H46FN5O11S/c1-19-7-5-6-8-21-15-36(21,33(46)41-54(49,50)35(18-43)9-10-35)40-30(44)26-12-22(17-42(26)32(45)29(20(2)11-19)39-34(47)48)53-31-24-13-25(37)27(51-3)14-23(24)28(52-4)16-38-31/h6,8,13-14,16,19-22,26,29,39,43H,5,7,9-12,15,17-18H2,1-4H3,(H,40,44)(H,41,46)(H,47,48)/b8-6-/t19-,20+,21+,22+,26-,29-,36+/m0/s1. The number of hydrogen-bond acceptors (Lipinski definition) is 11. The zero-order valence-corrected chi connectivity index (χ0v) is 31.3. The molecule has 0 radical (unpaired) electrons. The van der Waals surface area contributed by atoms with Crippen LogP contribution in [0.5, 0.6) is 17.4 Å². The SMILES string of the molecule is COc1cc2c(OC)cnc(O[C@@H]3C[C@H]4C(=O)N[C@]5(C(=O)NS(=O)(=O)C6(CO)CC6)C[C@H]5/C=C\CC[C@H](C)C[C@@H](C)[C@H](NC(=O)O)C(=O)N4C3)c2cc1F. The Morgan fingerprint density at radius 3 is 2.48 bits per heavy atom. The lowest BCUT2D eigenvalue weighted by atomic mass is 9.88. The lowest BCUT2D eigenvalue weighted by molar-refractivity contribution is -0.142. The van der Waals surface area contributed by atoms with Crippen LogP contribution in [0.25, 0.3) is 10.8 Å². The monoisotopic (exact) mass is 775 g/mol. The van der Waals surface area contributed by atoms with Gasteiger partial charge in [0.15, 0.2) is 11.6 Å². The van der Waals surface area contributed by atoms with Crippen LogP contribution in [0.1, 0.15) is 58.8 Å². The number of methoxy groups -OCH3 is 2. The molecule has 6 rings (SSSR count). The van der Waals surface area contributed by atoms with Crippen LogP contribution in [0.2, 0.25) is 0 Å². The molecule has 54 heavy (non-hydrogen) atoms.